The zero-order chi connectivity index (χ0) is 24.2. The summed E-state index contributed by atoms with van der Waals surface area (Å²) in [6.45, 7) is 0.695. The summed E-state index contributed by atoms with van der Waals surface area (Å²) in [6.07, 6.45) is 5.52. The predicted octanol–water partition coefficient (Wildman–Crippen LogP) is 2.16. The lowest BCUT2D eigenvalue weighted by atomic mass is 9.91. The molecular weight excluding hydrogens is 474 g/mol. The number of hydrogen-bond acceptors (Lipinski definition) is 8. The van der Waals surface area contributed by atoms with Gasteiger partial charge in [0.1, 0.15) is 11.7 Å². The Kier molecular flexibility index (Phi) is 5.19. The van der Waals surface area contributed by atoms with Crippen LogP contribution in [0.4, 0.5) is 0 Å². The minimum absolute atomic E-state index is 0.0130. The van der Waals surface area contributed by atoms with Crippen molar-refractivity contribution in [3.63, 3.8) is 0 Å². The fraction of sp³-hybridized carbons (Fsp3) is 0.391. The number of hydrogen-bond donors (Lipinski definition) is 1. The minimum atomic E-state index is -1.16. The maximum atomic E-state index is 13.1. The van der Waals surface area contributed by atoms with Crippen molar-refractivity contribution >= 4 is 28.5 Å². The topological polar surface area (TPSA) is 132 Å². The van der Waals surface area contributed by atoms with E-state index in [0.29, 0.717) is 47.9 Å². The van der Waals surface area contributed by atoms with Gasteiger partial charge in [0.2, 0.25) is 5.89 Å². The number of carbonyl (C=O) groups is 1. The molecule has 6 rings (SSSR count). The Morgan fingerprint density at radius 1 is 1.17 bits per heavy atom. The smallest absolute Gasteiger partial charge is 0.311 e. The van der Waals surface area contributed by atoms with Crippen molar-refractivity contribution in [1.29, 1.82) is 0 Å². The van der Waals surface area contributed by atoms with Gasteiger partial charge < -0.3 is 14.4 Å². The molecular formula is C23H22ClN7O4. The molecule has 1 aliphatic heterocycles. The summed E-state index contributed by atoms with van der Waals surface area (Å²) in [7, 11) is 0. The lowest BCUT2D eigenvalue weighted by Crippen LogP contribution is -2.49. The molecule has 12 heteroatoms. The summed E-state index contributed by atoms with van der Waals surface area (Å²) >= 11 is 5.96. The van der Waals surface area contributed by atoms with Crippen LogP contribution in [0.1, 0.15) is 48.2 Å². The number of halogens is 1. The molecule has 4 heterocycles. The van der Waals surface area contributed by atoms with Gasteiger partial charge in [0.05, 0.1) is 24.0 Å². The second-order valence-electron chi connectivity index (χ2n) is 9.18. The normalized spacial score (nSPS) is 17.7. The van der Waals surface area contributed by atoms with Crippen LogP contribution in [0.2, 0.25) is 5.02 Å². The fourth-order valence-electron chi connectivity index (χ4n) is 4.39. The van der Waals surface area contributed by atoms with Crippen molar-refractivity contribution in [2.45, 2.75) is 43.7 Å². The molecule has 0 atom stereocenters. The van der Waals surface area contributed by atoms with Gasteiger partial charge in [0.25, 0.3) is 5.56 Å². The lowest BCUT2D eigenvalue weighted by Gasteiger charge is -2.37. The third-order valence-corrected chi connectivity index (χ3v) is 6.87. The zero-order valence-electron chi connectivity index (χ0n) is 18.7. The maximum Gasteiger partial charge on any atom is 0.311 e. The van der Waals surface area contributed by atoms with E-state index in [1.54, 1.807) is 33.8 Å². The van der Waals surface area contributed by atoms with E-state index in [2.05, 4.69) is 20.3 Å². The Morgan fingerprint density at radius 3 is 2.63 bits per heavy atom. The summed E-state index contributed by atoms with van der Waals surface area (Å²) in [5.41, 5.74) is -0.294. The molecule has 1 aromatic carbocycles. The molecule has 4 aromatic rings. The van der Waals surface area contributed by atoms with Crippen LogP contribution in [0, 0.1) is 0 Å². The molecule has 1 saturated carbocycles. The first-order chi connectivity index (χ1) is 16.9. The van der Waals surface area contributed by atoms with Crippen molar-refractivity contribution in [3.8, 4) is 5.69 Å². The number of benzene rings is 1. The molecule has 0 spiro atoms. The van der Waals surface area contributed by atoms with E-state index < -0.39 is 5.60 Å². The second-order valence-corrected chi connectivity index (χ2v) is 9.62. The van der Waals surface area contributed by atoms with Crippen LogP contribution in [0.25, 0.3) is 16.7 Å². The number of carbonyl (C=O) groups excluding carboxylic acids is 1. The average Bonchev–Trinajstić information content (AvgIpc) is 3.42. The molecule has 0 radical (unpaired) electrons. The highest BCUT2D eigenvalue weighted by molar-refractivity contribution is 6.30. The van der Waals surface area contributed by atoms with Crippen molar-refractivity contribution in [3.05, 3.63) is 63.9 Å². The molecule has 2 aliphatic rings. The first-order valence-corrected chi connectivity index (χ1v) is 11.8. The van der Waals surface area contributed by atoms with E-state index in [9.17, 15) is 14.7 Å². The number of fused-ring (bicyclic) bond motifs is 1. The molecule has 1 amide bonds. The lowest BCUT2D eigenvalue weighted by molar-refractivity contribution is -0.0306. The second kappa shape index (κ2) is 8.28. The van der Waals surface area contributed by atoms with Gasteiger partial charge in [0.15, 0.2) is 5.65 Å². The number of piperidine rings is 1. The highest BCUT2D eigenvalue weighted by Gasteiger charge is 2.37. The van der Waals surface area contributed by atoms with E-state index in [1.165, 1.54) is 17.1 Å². The molecule has 1 aliphatic carbocycles. The number of likely N-dealkylation sites (tertiary alicyclic amines) is 1. The van der Waals surface area contributed by atoms with Crippen molar-refractivity contribution < 1.29 is 14.3 Å². The molecule has 180 valence electrons. The quantitative estimate of drug-likeness (QED) is 0.445. The standard InChI is InChI=1S/C23H22ClN7O4/c24-15-3-5-16(6-4-15)31-18-17(11-26-31)21(32)30(13-25-18)12-23(34)7-9-29(10-8-23)22(33)20-28-27-19(35-20)14-1-2-14/h3-6,11,13-14,34H,1-2,7-10,12H2. The molecule has 1 saturated heterocycles. The minimum Gasteiger partial charge on any atom is -0.417 e. The van der Waals surface area contributed by atoms with Crippen LogP contribution < -0.4 is 5.56 Å². The SMILES string of the molecule is O=C(c1nnc(C2CC2)o1)N1CCC(O)(Cn2cnc3c(cnn3-c3ccc(Cl)cc3)c2=O)CC1. The molecule has 11 nitrogen and oxygen atoms in total. The predicted molar refractivity (Wildman–Crippen MR) is 124 cm³/mol. The van der Waals surface area contributed by atoms with Crippen LogP contribution in [0.5, 0.6) is 0 Å². The number of nitrogens with zero attached hydrogens (tertiary/aromatic N) is 7. The highest BCUT2D eigenvalue weighted by Crippen LogP contribution is 2.39. The Balaban J connectivity index is 1.16. The van der Waals surface area contributed by atoms with Gasteiger partial charge >= 0.3 is 11.8 Å². The molecule has 1 N–H and O–H groups in total. The monoisotopic (exact) mass is 495 g/mol. The summed E-state index contributed by atoms with van der Waals surface area (Å²) in [5, 5.41) is 24.3. The third-order valence-electron chi connectivity index (χ3n) is 6.62. The van der Waals surface area contributed by atoms with Gasteiger partial charge in [-0.3, -0.25) is 14.2 Å². The Labute approximate surface area is 204 Å². The van der Waals surface area contributed by atoms with Crippen LogP contribution in [0.15, 0.2) is 46.0 Å². The van der Waals surface area contributed by atoms with Gasteiger partial charge in [-0.2, -0.15) is 5.10 Å². The number of aliphatic hydroxyl groups is 1. The van der Waals surface area contributed by atoms with Crippen molar-refractivity contribution in [1.82, 2.24) is 34.4 Å². The summed E-state index contributed by atoms with van der Waals surface area (Å²) in [5.74, 6) is 0.448. The van der Waals surface area contributed by atoms with E-state index >= 15 is 0 Å². The van der Waals surface area contributed by atoms with Crippen molar-refractivity contribution in [2.24, 2.45) is 0 Å². The van der Waals surface area contributed by atoms with Crippen LogP contribution in [0.3, 0.4) is 0 Å². The van der Waals surface area contributed by atoms with Gasteiger partial charge in [-0.25, -0.2) is 9.67 Å². The summed E-state index contributed by atoms with van der Waals surface area (Å²) < 4.78 is 8.49. The molecule has 3 aromatic heterocycles. The Hall–Kier alpha value is -3.57. The maximum absolute atomic E-state index is 13.1. The van der Waals surface area contributed by atoms with Crippen LogP contribution in [-0.4, -0.2) is 64.1 Å². The highest BCUT2D eigenvalue weighted by atomic mass is 35.5. The summed E-state index contributed by atoms with van der Waals surface area (Å²) in [6, 6.07) is 7.06. The van der Waals surface area contributed by atoms with Crippen LogP contribution >= 0.6 is 11.6 Å². The van der Waals surface area contributed by atoms with Gasteiger partial charge in [-0.1, -0.05) is 11.6 Å². The number of rotatable bonds is 5. The fourth-order valence-corrected chi connectivity index (χ4v) is 4.51. The Morgan fingerprint density at radius 2 is 1.91 bits per heavy atom. The molecule has 2 fully saturated rings. The Bertz CT molecular complexity index is 1460. The first-order valence-electron chi connectivity index (χ1n) is 11.4. The zero-order valence-corrected chi connectivity index (χ0v) is 19.4. The first kappa shape index (κ1) is 21.9. The van der Waals surface area contributed by atoms with E-state index in [-0.39, 0.29) is 29.8 Å². The molecule has 35 heavy (non-hydrogen) atoms. The van der Waals surface area contributed by atoms with E-state index in [1.807, 2.05) is 0 Å². The average molecular weight is 496 g/mol. The molecule has 0 unspecified atom stereocenters. The third kappa shape index (κ3) is 4.10. The van der Waals surface area contributed by atoms with Crippen LogP contribution in [-0.2, 0) is 6.54 Å². The van der Waals surface area contributed by atoms with Gasteiger partial charge in [-0.15, -0.1) is 10.2 Å². The van der Waals surface area contributed by atoms with E-state index in [0.717, 1.165) is 18.5 Å². The largest absolute Gasteiger partial charge is 0.417 e. The van der Waals surface area contributed by atoms with Crippen molar-refractivity contribution in [2.75, 3.05) is 13.1 Å². The van der Waals surface area contributed by atoms with E-state index in [4.69, 9.17) is 16.0 Å². The summed E-state index contributed by atoms with van der Waals surface area (Å²) in [4.78, 5) is 31.9. The van der Waals surface area contributed by atoms with Gasteiger partial charge in [-0.05, 0) is 49.9 Å². The number of aromatic nitrogens is 6. The molecule has 0 bridgehead atoms. The number of amides is 1. The van der Waals surface area contributed by atoms with Gasteiger partial charge in [0, 0.05) is 24.0 Å².